The van der Waals surface area contributed by atoms with Gasteiger partial charge in [-0.05, 0) is 42.9 Å². The van der Waals surface area contributed by atoms with E-state index >= 15 is 0 Å². The molecule has 110 valence electrons. The molecule has 1 saturated carbocycles. The van der Waals surface area contributed by atoms with Crippen molar-refractivity contribution in [3.63, 3.8) is 0 Å². The second kappa shape index (κ2) is 7.65. The van der Waals surface area contributed by atoms with Crippen LogP contribution in [0.2, 0.25) is 5.02 Å². The summed E-state index contributed by atoms with van der Waals surface area (Å²) in [5.74, 6) is 0.833. The Bertz CT molecular complexity index is 429. The molecule has 0 aromatic heterocycles. The monoisotopic (exact) mass is 294 g/mol. The molecular weight excluding hydrogens is 272 g/mol. The number of hydrogen-bond acceptors (Lipinski definition) is 2. The molecule has 1 aliphatic carbocycles. The fourth-order valence-corrected chi connectivity index (χ4v) is 2.48. The average Bonchev–Trinajstić information content (AvgIpc) is 3.27. The van der Waals surface area contributed by atoms with Gasteiger partial charge in [0.05, 0.1) is 0 Å². The highest BCUT2D eigenvalue weighted by molar-refractivity contribution is 6.30. The zero-order valence-electron chi connectivity index (χ0n) is 12.0. The van der Waals surface area contributed by atoms with Gasteiger partial charge in [0, 0.05) is 30.6 Å². The van der Waals surface area contributed by atoms with Gasteiger partial charge in [0.15, 0.2) is 0 Å². The van der Waals surface area contributed by atoms with Crippen LogP contribution in [0.15, 0.2) is 24.3 Å². The summed E-state index contributed by atoms with van der Waals surface area (Å²) in [5, 5.41) is 7.19. The molecule has 1 atom stereocenters. The van der Waals surface area contributed by atoms with E-state index in [0.29, 0.717) is 18.4 Å². The van der Waals surface area contributed by atoms with Crippen molar-refractivity contribution in [1.29, 1.82) is 0 Å². The van der Waals surface area contributed by atoms with E-state index in [9.17, 15) is 4.79 Å². The molecule has 3 nitrogen and oxygen atoms in total. The lowest BCUT2D eigenvalue weighted by molar-refractivity contribution is -0.121. The number of benzene rings is 1. The first-order valence-corrected chi connectivity index (χ1v) is 7.84. The highest BCUT2D eigenvalue weighted by Gasteiger charge is 2.31. The van der Waals surface area contributed by atoms with Gasteiger partial charge in [-0.25, -0.2) is 0 Å². The first-order chi connectivity index (χ1) is 9.70. The molecule has 1 fully saturated rings. The Balaban J connectivity index is 1.81. The molecule has 1 aromatic rings. The topological polar surface area (TPSA) is 41.1 Å². The maximum absolute atomic E-state index is 11.6. The smallest absolute Gasteiger partial charge is 0.221 e. The molecule has 20 heavy (non-hydrogen) atoms. The Morgan fingerprint density at radius 2 is 2.00 bits per heavy atom. The Labute approximate surface area is 126 Å². The van der Waals surface area contributed by atoms with Gasteiger partial charge in [0.1, 0.15) is 0 Å². The molecule has 1 unspecified atom stereocenters. The minimum absolute atomic E-state index is 0.130. The van der Waals surface area contributed by atoms with Crippen molar-refractivity contribution < 1.29 is 4.79 Å². The lowest BCUT2D eigenvalue weighted by Gasteiger charge is -2.19. The number of amides is 1. The van der Waals surface area contributed by atoms with Crippen LogP contribution in [0.25, 0.3) is 0 Å². The largest absolute Gasteiger partial charge is 0.356 e. The first-order valence-electron chi connectivity index (χ1n) is 7.46. The van der Waals surface area contributed by atoms with Gasteiger partial charge in [-0.3, -0.25) is 4.79 Å². The lowest BCUT2D eigenvalue weighted by Crippen LogP contribution is -2.30. The SMILES string of the molecule is CCCNC(=O)CCNC(c1ccc(Cl)cc1)C1CC1. The van der Waals surface area contributed by atoms with Crippen LogP contribution in [0, 0.1) is 5.92 Å². The van der Waals surface area contributed by atoms with Crippen molar-refractivity contribution in [2.45, 2.75) is 38.6 Å². The van der Waals surface area contributed by atoms with Gasteiger partial charge in [-0.15, -0.1) is 0 Å². The fraction of sp³-hybridized carbons (Fsp3) is 0.562. The summed E-state index contributed by atoms with van der Waals surface area (Å²) in [6.07, 6.45) is 4.05. The number of carbonyl (C=O) groups is 1. The minimum atomic E-state index is 0.130. The van der Waals surface area contributed by atoms with Gasteiger partial charge >= 0.3 is 0 Å². The molecular formula is C16H23ClN2O. The molecule has 0 heterocycles. The highest BCUT2D eigenvalue weighted by atomic mass is 35.5. The maximum atomic E-state index is 11.6. The van der Waals surface area contributed by atoms with E-state index in [1.165, 1.54) is 18.4 Å². The summed E-state index contributed by atoms with van der Waals surface area (Å²) in [4.78, 5) is 11.6. The standard InChI is InChI=1S/C16H23ClN2O/c1-2-10-18-15(20)9-11-19-16(12-3-4-12)13-5-7-14(17)8-6-13/h5-8,12,16,19H,2-4,9-11H2,1H3,(H,18,20). The summed E-state index contributed by atoms with van der Waals surface area (Å²) >= 11 is 5.93. The second-order valence-electron chi connectivity index (χ2n) is 5.42. The molecule has 1 aliphatic rings. The van der Waals surface area contributed by atoms with Crippen LogP contribution in [0.1, 0.15) is 44.2 Å². The summed E-state index contributed by atoms with van der Waals surface area (Å²) in [7, 11) is 0. The van der Waals surface area contributed by atoms with Crippen molar-refractivity contribution in [2.75, 3.05) is 13.1 Å². The van der Waals surface area contributed by atoms with E-state index < -0.39 is 0 Å². The third kappa shape index (κ3) is 4.80. The zero-order chi connectivity index (χ0) is 14.4. The lowest BCUT2D eigenvalue weighted by atomic mass is 10.0. The van der Waals surface area contributed by atoms with Crippen LogP contribution >= 0.6 is 11.6 Å². The highest BCUT2D eigenvalue weighted by Crippen LogP contribution is 2.41. The molecule has 2 N–H and O–H groups in total. The second-order valence-corrected chi connectivity index (χ2v) is 5.86. The van der Waals surface area contributed by atoms with Crippen LogP contribution in [0.5, 0.6) is 0 Å². The molecule has 0 saturated heterocycles. The van der Waals surface area contributed by atoms with E-state index in [4.69, 9.17) is 11.6 Å². The van der Waals surface area contributed by atoms with Crippen LogP contribution < -0.4 is 10.6 Å². The third-order valence-corrected chi connectivity index (χ3v) is 3.86. The third-order valence-electron chi connectivity index (χ3n) is 3.61. The van der Waals surface area contributed by atoms with Gasteiger partial charge in [-0.1, -0.05) is 30.7 Å². The fourth-order valence-electron chi connectivity index (χ4n) is 2.35. The quantitative estimate of drug-likeness (QED) is 0.772. The maximum Gasteiger partial charge on any atom is 0.221 e. The van der Waals surface area contributed by atoms with E-state index in [1.807, 2.05) is 12.1 Å². The van der Waals surface area contributed by atoms with Gasteiger partial charge in [0.2, 0.25) is 5.91 Å². The molecule has 1 aromatic carbocycles. The average molecular weight is 295 g/mol. The Hall–Kier alpha value is -1.06. The van der Waals surface area contributed by atoms with E-state index in [1.54, 1.807) is 0 Å². The van der Waals surface area contributed by atoms with E-state index in [0.717, 1.165) is 24.5 Å². The number of rotatable bonds is 8. The number of carbonyl (C=O) groups excluding carboxylic acids is 1. The van der Waals surface area contributed by atoms with Crippen molar-refractivity contribution in [2.24, 2.45) is 5.92 Å². The van der Waals surface area contributed by atoms with Crippen LogP contribution in [0.4, 0.5) is 0 Å². The van der Waals surface area contributed by atoms with E-state index in [-0.39, 0.29) is 5.91 Å². The molecule has 1 amide bonds. The molecule has 0 bridgehead atoms. The summed E-state index contributed by atoms with van der Waals surface area (Å²) < 4.78 is 0. The van der Waals surface area contributed by atoms with Crippen molar-refractivity contribution in [3.05, 3.63) is 34.9 Å². The van der Waals surface area contributed by atoms with Gasteiger partial charge in [-0.2, -0.15) is 0 Å². The zero-order valence-corrected chi connectivity index (χ0v) is 12.7. The van der Waals surface area contributed by atoms with Crippen molar-refractivity contribution >= 4 is 17.5 Å². The molecule has 2 rings (SSSR count). The Kier molecular flexibility index (Phi) is 5.86. The van der Waals surface area contributed by atoms with Gasteiger partial charge in [0.25, 0.3) is 0 Å². The molecule has 4 heteroatoms. The Morgan fingerprint density at radius 3 is 2.60 bits per heavy atom. The molecule has 0 spiro atoms. The van der Waals surface area contributed by atoms with Crippen molar-refractivity contribution in [1.82, 2.24) is 10.6 Å². The normalized spacial score (nSPS) is 15.9. The Morgan fingerprint density at radius 1 is 1.30 bits per heavy atom. The summed E-state index contributed by atoms with van der Waals surface area (Å²) in [5.41, 5.74) is 1.27. The predicted octanol–water partition coefficient (Wildman–Crippen LogP) is 3.30. The van der Waals surface area contributed by atoms with Crippen LogP contribution in [0.3, 0.4) is 0 Å². The minimum Gasteiger partial charge on any atom is -0.356 e. The van der Waals surface area contributed by atoms with E-state index in [2.05, 4.69) is 29.7 Å². The van der Waals surface area contributed by atoms with Crippen LogP contribution in [-0.4, -0.2) is 19.0 Å². The van der Waals surface area contributed by atoms with Crippen LogP contribution in [-0.2, 0) is 4.79 Å². The summed E-state index contributed by atoms with van der Waals surface area (Å²) in [6, 6.07) is 8.38. The number of halogens is 1. The van der Waals surface area contributed by atoms with Gasteiger partial charge < -0.3 is 10.6 Å². The molecule has 0 aliphatic heterocycles. The van der Waals surface area contributed by atoms with Crippen molar-refractivity contribution in [3.8, 4) is 0 Å². The first kappa shape index (κ1) is 15.3. The molecule has 0 radical (unpaired) electrons. The predicted molar refractivity (Wildman–Crippen MR) is 82.8 cm³/mol. The number of nitrogens with one attached hydrogen (secondary N) is 2. The number of hydrogen-bond donors (Lipinski definition) is 2. The summed E-state index contributed by atoms with van der Waals surface area (Å²) in [6.45, 7) is 3.55.